The van der Waals surface area contributed by atoms with Crippen molar-refractivity contribution in [1.29, 1.82) is 0 Å². The SMILES string of the molecule is CC(C)CCCCCCOc1ccnc2c1ccc1c(OCCCCCCC(C)C)ccnc12. The Kier molecular flexibility index (Phi) is 10.9. The number of benzene rings is 1. The van der Waals surface area contributed by atoms with Crippen molar-refractivity contribution < 1.29 is 9.47 Å². The van der Waals surface area contributed by atoms with E-state index in [-0.39, 0.29) is 0 Å². The monoisotopic (exact) mass is 464 g/mol. The van der Waals surface area contributed by atoms with Crippen LogP contribution in [-0.4, -0.2) is 23.2 Å². The molecule has 0 aliphatic heterocycles. The van der Waals surface area contributed by atoms with Crippen LogP contribution in [0.15, 0.2) is 36.7 Å². The van der Waals surface area contributed by atoms with Gasteiger partial charge in [0.25, 0.3) is 0 Å². The Bertz CT molecular complexity index is 919. The van der Waals surface area contributed by atoms with Crippen molar-refractivity contribution in [2.24, 2.45) is 11.8 Å². The van der Waals surface area contributed by atoms with Gasteiger partial charge in [0.15, 0.2) is 0 Å². The molecule has 3 rings (SSSR count). The Hall–Kier alpha value is -2.36. The Labute approximate surface area is 206 Å². The molecule has 0 atom stereocenters. The highest BCUT2D eigenvalue weighted by Crippen LogP contribution is 2.33. The first-order valence-corrected chi connectivity index (χ1v) is 13.5. The Balaban J connectivity index is 1.56. The normalized spacial score (nSPS) is 11.7. The lowest BCUT2D eigenvalue weighted by Crippen LogP contribution is -2.00. The largest absolute Gasteiger partial charge is 0.493 e. The van der Waals surface area contributed by atoms with Crippen LogP contribution in [0.25, 0.3) is 21.8 Å². The molecular formula is C30H44N2O2. The van der Waals surface area contributed by atoms with Crippen molar-refractivity contribution in [3.63, 3.8) is 0 Å². The maximum atomic E-state index is 6.15. The van der Waals surface area contributed by atoms with Gasteiger partial charge in [0.1, 0.15) is 22.5 Å². The van der Waals surface area contributed by atoms with Crippen LogP contribution in [0.4, 0.5) is 0 Å². The molecule has 0 radical (unpaired) electrons. The minimum atomic E-state index is 0.743. The van der Waals surface area contributed by atoms with Crippen molar-refractivity contribution in [3.05, 3.63) is 36.7 Å². The summed E-state index contributed by atoms with van der Waals surface area (Å²) in [7, 11) is 0. The van der Waals surface area contributed by atoms with Crippen LogP contribution in [0.2, 0.25) is 0 Å². The summed E-state index contributed by atoms with van der Waals surface area (Å²) in [5.74, 6) is 3.38. The lowest BCUT2D eigenvalue weighted by Gasteiger charge is -2.12. The Morgan fingerprint density at radius 1 is 0.559 bits per heavy atom. The second-order valence-electron chi connectivity index (χ2n) is 10.4. The highest BCUT2D eigenvalue weighted by molar-refractivity contribution is 6.06. The Morgan fingerprint density at radius 3 is 1.38 bits per heavy atom. The third kappa shape index (κ3) is 8.14. The van der Waals surface area contributed by atoms with E-state index in [2.05, 4.69) is 49.8 Å². The maximum Gasteiger partial charge on any atom is 0.130 e. The molecule has 1 aromatic carbocycles. The lowest BCUT2D eigenvalue weighted by atomic mass is 10.0. The number of unbranched alkanes of at least 4 members (excludes halogenated alkanes) is 6. The lowest BCUT2D eigenvalue weighted by molar-refractivity contribution is 0.306. The second-order valence-corrected chi connectivity index (χ2v) is 10.4. The highest BCUT2D eigenvalue weighted by Gasteiger charge is 2.11. The molecule has 0 unspecified atom stereocenters. The highest BCUT2D eigenvalue weighted by atomic mass is 16.5. The van der Waals surface area contributed by atoms with E-state index < -0.39 is 0 Å². The fourth-order valence-electron chi connectivity index (χ4n) is 4.41. The zero-order chi connectivity index (χ0) is 24.2. The van der Waals surface area contributed by atoms with E-state index in [4.69, 9.17) is 9.47 Å². The van der Waals surface area contributed by atoms with Gasteiger partial charge in [0.05, 0.1) is 13.2 Å². The molecule has 0 spiro atoms. The molecule has 0 amide bonds. The molecule has 0 saturated heterocycles. The minimum absolute atomic E-state index is 0.743. The van der Waals surface area contributed by atoms with Crippen molar-refractivity contribution in [2.75, 3.05) is 13.2 Å². The molecule has 0 saturated carbocycles. The van der Waals surface area contributed by atoms with Crippen LogP contribution in [0.1, 0.15) is 91.9 Å². The van der Waals surface area contributed by atoms with E-state index in [1.54, 1.807) is 0 Å². The average Bonchev–Trinajstić information content (AvgIpc) is 2.82. The van der Waals surface area contributed by atoms with Gasteiger partial charge in [-0.3, -0.25) is 9.97 Å². The van der Waals surface area contributed by atoms with Crippen molar-refractivity contribution >= 4 is 21.8 Å². The van der Waals surface area contributed by atoms with Crippen LogP contribution in [0.3, 0.4) is 0 Å². The molecule has 4 nitrogen and oxygen atoms in total. The molecule has 3 aromatic rings. The molecular weight excluding hydrogens is 420 g/mol. The standard InChI is InChI=1S/C30H44N2O2/c1-23(2)13-9-5-7-11-21-33-27-17-19-31-29-25(27)15-16-26-28(18-20-32-30(26)29)34-22-12-8-6-10-14-24(3)4/h15-20,23-24H,5-14,21-22H2,1-4H3. The van der Waals surface area contributed by atoms with Gasteiger partial charge < -0.3 is 9.47 Å². The third-order valence-electron chi connectivity index (χ3n) is 6.41. The molecule has 34 heavy (non-hydrogen) atoms. The zero-order valence-electron chi connectivity index (χ0n) is 21.8. The van der Waals surface area contributed by atoms with Gasteiger partial charge >= 0.3 is 0 Å². The molecule has 186 valence electrons. The van der Waals surface area contributed by atoms with Crippen LogP contribution in [0, 0.1) is 11.8 Å². The second kappa shape index (κ2) is 14.1. The summed E-state index contributed by atoms with van der Waals surface area (Å²) in [4.78, 5) is 9.29. The van der Waals surface area contributed by atoms with Gasteiger partial charge in [-0.1, -0.05) is 79.1 Å². The van der Waals surface area contributed by atoms with Crippen molar-refractivity contribution in [1.82, 2.24) is 9.97 Å². The number of nitrogens with zero attached hydrogens (tertiary/aromatic N) is 2. The summed E-state index contributed by atoms with van der Waals surface area (Å²) in [5.41, 5.74) is 1.76. The van der Waals surface area contributed by atoms with Gasteiger partial charge in [0, 0.05) is 23.2 Å². The predicted molar refractivity (Wildman–Crippen MR) is 144 cm³/mol. The fourth-order valence-corrected chi connectivity index (χ4v) is 4.41. The molecule has 0 fully saturated rings. The summed E-state index contributed by atoms with van der Waals surface area (Å²) < 4.78 is 12.3. The van der Waals surface area contributed by atoms with Crippen LogP contribution in [-0.2, 0) is 0 Å². The first kappa shape index (κ1) is 26.2. The van der Waals surface area contributed by atoms with Gasteiger partial charge in [0.2, 0.25) is 0 Å². The maximum absolute atomic E-state index is 6.15. The predicted octanol–water partition coefficient (Wildman–Crippen LogP) is 8.75. The first-order valence-electron chi connectivity index (χ1n) is 13.5. The molecule has 0 N–H and O–H groups in total. The van der Waals surface area contributed by atoms with Gasteiger partial charge in [-0.15, -0.1) is 0 Å². The third-order valence-corrected chi connectivity index (χ3v) is 6.41. The van der Waals surface area contributed by atoms with E-state index in [9.17, 15) is 0 Å². The molecule has 2 heterocycles. The summed E-state index contributed by atoms with van der Waals surface area (Å²) in [5, 5.41) is 2.04. The smallest absolute Gasteiger partial charge is 0.130 e. The zero-order valence-corrected chi connectivity index (χ0v) is 21.8. The quantitative estimate of drug-likeness (QED) is 0.157. The van der Waals surface area contributed by atoms with E-state index in [1.165, 1.54) is 51.4 Å². The molecule has 0 aliphatic rings. The van der Waals surface area contributed by atoms with Gasteiger partial charge in [-0.25, -0.2) is 0 Å². The van der Waals surface area contributed by atoms with E-state index >= 15 is 0 Å². The topological polar surface area (TPSA) is 44.2 Å². The first-order chi connectivity index (χ1) is 16.6. The minimum Gasteiger partial charge on any atom is -0.493 e. The number of hydrogen-bond donors (Lipinski definition) is 0. The van der Waals surface area contributed by atoms with Crippen LogP contribution in [0.5, 0.6) is 11.5 Å². The molecule has 0 bridgehead atoms. The summed E-state index contributed by atoms with van der Waals surface area (Å²) in [6.07, 6.45) is 16.1. The van der Waals surface area contributed by atoms with Gasteiger partial charge in [-0.05, 0) is 48.9 Å². The average molecular weight is 465 g/mol. The molecule has 0 aliphatic carbocycles. The van der Waals surface area contributed by atoms with Crippen LogP contribution >= 0.6 is 0 Å². The van der Waals surface area contributed by atoms with E-state index in [1.807, 2.05) is 24.5 Å². The number of aromatic nitrogens is 2. The van der Waals surface area contributed by atoms with Crippen molar-refractivity contribution in [3.8, 4) is 11.5 Å². The summed E-state index contributed by atoms with van der Waals surface area (Å²) in [6, 6.07) is 8.13. The van der Waals surface area contributed by atoms with E-state index in [0.29, 0.717) is 0 Å². The number of fused-ring (bicyclic) bond motifs is 3. The Morgan fingerprint density at radius 2 is 0.971 bits per heavy atom. The number of hydrogen-bond acceptors (Lipinski definition) is 4. The summed E-state index contributed by atoms with van der Waals surface area (Å²) >= 11 is 0. The fraction of sp³-hybridized carbons (Fsp3) is 0.600. The number of pyridine rings is 2. The molecule has 2 aromatic heterocycles. The van der Waals surface area contributed by atoms with E-state index in [0.717, 1.165) is 71.2 Å². The van der Waals surface area contributed by atoms with Crippen molar-refractivity contribution in [2.45, 2.75) is 91.9 Å². The summed E-state index contributed by atoms with van der Waals surface area (Å²) in [6.45, 7) is 10.7. The van der Waals surface area contributed by atoms with Crippen LogP contribution < -0.4 is 9.47 Å². The van der Waals surface area contributed by atoms with Gasteiger partial charge in [-0.2, -0.15) is 0 Å². The number of ether oxygens (including phenoxy) is 2. The number of rotatable bonds is 16. The molecule has 4 heteroatoms.